The molecule has 0 aliphatic rings. The van der Waals surface area contributed by atoms with E-state index in [-0.39, 0.29) is 0 Å². The minimum atomic E-state index is 0.462. The molecule has 1 aromatic carbocycles. The van der Waals surface area contributed by atoms with Crippen LogP contribution in [0, 0.1) is 6.92 Å². The first-order valence-electron chi connectivity index (χ1n) is 7.18. The van der Waals surface area contributed by atoms with Gasteiger partial charge in [0.15, 0.2) is 0 Å². The van der Waals surface area contributed by atoms with E-state index in [2.05, 4.69) is 54.2 Å². The molecule has 1 N–H and O–H groups in total. The van der Waals surface area contributed by atoms with Crippen LogP contribution in [0.4, 0.5) is 0 Å². The number of aryl methyl sites for hydroxylation is 1. The van der Waals surface area contributed by atoms with Crippen LogP contribution >= 0.6 is 15.9 Å². The van der Waals surface area contributed by atoms with Crippen LogP contribution in [0.1, 0.15) is 37.8 Å². The Bertz CT molecular complexity index is 408. The van der Waals surface area contributed by atoms with Crippen LogP contribution in [0.25, 0.3) is 0 Å². The summed E-state index contributed by atoms with van der Waals surface area (Å²) in [7, 11) is 1.73. The third kappa shape index (κ3) is 6.25. The lowest BCUT2D eigenvalue weighted by molar-refractivity contribution is 0.184. The Morgan fingerprint density at radius 1 is 1.20 bits per heavy atom. The van der Waals surface area contributed by atoms with Crippen molar-refractivity contribution in [3.8, 4) is 5.75 Å². The second kappa shape index (κ2) is 9.37. The van der Waals surface area contributed by atoms with Crippen molar-refractivity contribution in [2.45, 2.75) is 46.2 Å². The van der Waals surface area contributed by atoms with Gasteiger partial charge < -0.3 is 14.8 Å². The Labute approximate surface area is 131 Å². The third-order valence-corrected chi connectivity index (χ3v) is 3.46. The summed E-state index contributed by atoms with van der Waals surface area (Å²) in [5.41, 5.74) is 2.38. The van der Waals surface area contributed by atoms with Gasteiger partial charge in [0.25, 0.3) is 0 Å². The zero-order valence-corrected chi connectivity index (χ0v) is 14.5. The van der Waals surface area contributed by atoms with Crippen LogP contribution < -0.4 is 10.1 Å². The second-order valence-corrected chi connectivity index (χ2v) is 6.21. The third-order valence-electron chi connectivity index (χ3n) is 3.01. The van der Waals surface area contributed by atoms with Gasteiger partial charge in [-0.1, -0.05) is 29.8 Å². The Balaban J connectivity index is 2.66. The fraction of sp³-hybridized carbons (Fsp3) is 0.625. The number of ether oxygens (including phenoxy) is 2. The predicted molar refractivity (Wildman–Crippen MR) is 87.5 cm³/mol. The van der Waals surface area contributed by atoms with Crippen LogP contribution in [0.5, 0.6) is 5.75 Å². The van der Waals surface area contributed by atoms with Gasteiger partial charge >= 0.3 is 0 Å². The molecule has 0 saturated heterocycles. The molecule has 0 unspecified atom stereocenters. The van der Waals surface area contributed by atoms with E-state index in [9.17, 15) is 0 Å². The molecule has 0 atom stereocenters. The Morgan fingerprint density at radius 2 is 1.90 bits per heavy atom. The lowest BCUT2D eigenvalue weighted by Crippen LogP contribution is -2.22. The van der Waals surface area contributed by atoms with Crippen molar-refractivity contribution in [1.82, 2.24) is 5.32 Å². The first-order valence-corrected chi connectivity index (χ1v) is 7.98. The quantitative estimate of drug-likeness (QED) is 0.685. The monoisotopic (exact) mass is 343 g/mol. The van der Waals surface area contributed by atoms with Gasteiger partial charge in [-0.05, 0) is 37.5 Å². The van der Waals surface area contributed by atoms with Crippen molar-refractivity contribution in [3.63, 3.8) is 0 Å². The lowest BCUT2D eigenvalue weighted by atomic mass is 10.1. The van der Waals surface area contributed by atoms with Gasteiger partial charge in [0.05, 0.1) is 6.61 Å². The van der Waals surface area contributed by atoms with Crippen LogP contribution in [0.15, 0.2) is 16.6 Å². The fourth-order valence-electron chi connectivity index (χ4n) is 1.97. The maximum absolute atomic E-state index is 5.99. The molecule has 0 amide bonds. The number of methoxy groups -OCH3 is 1. The number of hydrogen-bond acceptors (Lipinski definition) is 3. The Kier molecular flexibility index (Phi) is 8.19. The zero-order chi connectivity index (χ0) is 15.0. The maximum atomic E-state index is 5.99. The van der Waals surface area contributed by atoms with E-state index in [1.165, 1.54) is 11.1 Å². The van der Waals surface area contributed by atoms with E-state index in [4.69, 9.17) is 9.47 Å². The predicted octanol–water partition coefficient (Wildman–Crippen LogP) is 4.06. The van der Waals surface area contributed by atoms with Crippen LogP contribution in [0.3, 0.4) is 0 Å². The van der Waals surface area contributed by atoms with Crippen molar-refractivity contribution in [1.29, 1.82) is 0 Å². The average molecular weight is 344 g/mol. The Morgan fingerprint density at radius 3 is 2.55 bits per heavy atom. The minimum Gasteiger partial charge on any atom is -0.493 e. The molecule has 0 fully saturated rings. The van der Waals surface area contributed by atoms with Crippen LogP contribution in [0.2, 0.25) is 0 Å². The van der Waals surface area contributed by atoms with Gasteiger partial charge in [-0.3, -0.25) is 0 Å². The molecular weight excluding hydrogens is 318 g/mol. The second-order valence-electron chi connectivity index (χ2n) is 5.29. The number of unbranched alkanes of at least 4 members (excludes halogenated alkanes) is 1. The normalized spacial score (nSPS) is 11.1. The number of benzene rings is 1. The maximum Gasteiger partial charge on any atom is 0.126 e. The summed E-state index contributed by atoms with van der Waals surface area (Å²) in [5, 5.41) is 3.45. The minimum absolute atomic E-state index is 0.462. The summed E-state index contributed by atoms with van der Waals surface area (Å²) in [6.45, 7) is 8.75. The molecule has 1 rings (SSSR count). The van der Waals surface area contributed by atoms with Crippen molar-refractivity contribution in [2.24, 2.45) is 0 Å². The summed E-state index contributed by atoms with van der Waals surface area (Å²) in [6, 6.07) is 4.69. The highest BCUT2D eigenvalue weighted by Gasteiger charge is 2.09. The Hall–Kier alpha value is -0.580. The van der Waals surface area contributed by atoms with E-state index in [0.29, 0.717) is 6.04 Å². The highest BCUT2D eigenvalue weighted by Crippen LogP contribution is 2.28. The highest BCUT2D eigenvalue weighted by atomic mass is 79.9. The number of nitrogens with one attached hydrogen (secondary N) is 1. The average Bonchev–Trinajstić information content (AvgIpc) is 2.38. The number of rotatable bonds is 9. The van der Waals surface area contributed by atoms with Crippen molar-refractivity contribution < 1.29 is 9.47 Å². The first kappa shape index (κ1) is 17.5. The number of halogens is 1. The molecular formula is C16H26BrNO2. The van der Waals surface area contributed by atoms with Gasteiger partial charge in [-0.2, -0.15) is 0 Å². The molecule has 0 aliphatic heterocycles. The smallest absolute Gasteiger partial charge is 0.126 e. The van der Waals surface area contributed by atoms with Crippen molar-refractivity contribution >= 4 is 15.9 Å². The van der Waals surface area contributed by atoms with E-state index >= 15 is 0 Å². The summed E-state index contributed by atoms with van der Waals surface area (Å²) in [4.78, 5) is 0. The fourth-order valence-corrected chi connectivity index (χ4v) is 2.59. The molecule has 114 valence electrons. The standard InChI is InChI=1S/C16H26BrNO2/c1-12(2)18-11-14-10-15(17)9-13(3)16(14)20-8-6-5-7-19-4/h9-10,12,18H,5-8,11H2,1-4H3. The molecule has 0 heterocycles. The van der Waals surface area contributed by atoms with E-state index in [1.807, 2.05) is 0 Å². The lowest BCUT2D eigenvalue weighted by Gasteiger charge is -2.16. The molecule has 20 heavy (non-hydrogen) atoms. The van der Waals surface area contributed by atoms with Crippen molar-refractivity contribution in [2.75, 3.05) is 20.3 Å². The highest BCUT2D eigenvalue weighted by molar-refractivity contribution is 9.10. The molecule has 0 saturated carbocycles. The topological polar surface area (TPSA) is 30.5 Å². The van der Waals surface area contributed by atoms with Gasteiger partial charge in [0.2, 0.25) is 0 Å². The summed E-state index contributed by atoms with van der Waals surface area (Å²) in [6.07, 6.45) is 2.05. The van der Waals surface area contributed by atoms with E-state index in [1.54, 1.807) is 7.11 Å². The van der Waals surface area contributed by atoms with E-state index < -0.39 is 0 Å². The first-order chi connectivity index (χ1) is 9.54. The summed E-state index contributed by atoms with van der Waals surface area (Å²) >= 11 is 3.56. The molecule has 3 nitrogen and oxygen atoms in total. The molecule has 0 aliphatic carbocycles. The molecule has 0 spiro atoms. The molecule has 1 aromatic rings. The SMILES string of the molecule is COCCCCOc1c(C)cc(Br)cc1CNC(C)C. The molecule has 4 heteroatoms. The van der Waals surface area contributed by atoms with Gasteiger partial charge in [0, 0.05) is 36.3 Å². The molecule has 0 bridgehead atoms. The van der Waals surface area contributed by atoms with Crippen molar-refractivity contribution in [3.05, 3.63) is 27.7 Å². The van der Waals surface area contributed by atoms with Gasteiger partial charge in [0.1, 0.15) is 5.75 Å². The molecule has 0 radical (unpaired) electrons. The van der Waals surface area contributed by atoms with E-state index in [0.717, 1.165) is 42.8 Å². The number of hydrogen-bond donors (Lipinski definition) is 1. The molecule has 0 aromatic heterocycles. The largest absolute Gasteiger partial charge is 0.493 e. The van der Waals surface area contributed by atoms with Gasteiger partial charge in [-0.15, -0.1) is 0 Å². The summed E-state index contributed by atoms with van der Waals surface area (Å²) in [5.74, 6) is 1.01. The van der Waals surface area contributed by atoms with Crippen LogP contribution in [-0.4, -0.2) is 26.4 Å². The van der Waals surface area contributed by atoms with Gasteiger partial charge in [-0.25, -0.2) is 0 Å². The zero-order valence-electron chi connectivity index (χ0n) is 13.0. The van der Waals surface area contributed by atoms with Crippen LogP contribution in [-0.2, 0) is 11.3 Å². The summed E-state index contributed by atoms with van der Waals surface area (Å²) < 4.78 is 12.1.